The number of aromatic amines is 1. The van der Waals surface area contributed by atoms with Crippen molar-refractivity contribution in [3.8, 4) is 0 Å². The number of hydrogen-bond donors (Lipinski definition) is 1. The summed E-state index contributed by atoms with van der Waals surface area (Å²) in [4.78, 5) is 24.8. The molecule has 94 valence electrons. The first-order valence-electron chi connectivity index (χ1n) is 4.81. The molecule has 0 saturated carbocycles. The molecule has 0 atom stereocenters. The van der Waals surface area contributed by atoms with E-state index in [9.17, 15) is 18.4 Å². The summed E-state index contributed by atoms with van der Waals surface area (Å²) in [5.41, 5.74) is -0.930. The van der Waals surface area contributed by atoms with Crippen molar-refractivity contribution in [3.05, 3.63) is 31.2 Å². The van der Waals surface area contributed by atoms with E-state index in [1.807, 2.05) is 0 Å². The first-order valence-corrected chi connectivity index (χ1v) is 5.89. The van der Waals surface area contributed by atoms with Crippen LogP contribution in [0.5, 0.6) is 0 Å². The highest BCUT2D eigenvalue weighted by Crippen LogP contribution is 2.22. The van der Waals surface area contributed by atoms with Gasteiger partial charge in [-0.15, -0.1) is 0 Å². The molecule has 0 amide bonds. The summed E-state index contributed by atoms with van der Waals surface area (Å²) in [6.07, 6.45) is -3.11. The van der Waals surface area contributed by atoms with Crippen LogP contribution < -0.4 is 5.56 Å². The molecule has 1 heterocycles. The van der Waals surface area contributed by atoms with Gasteiger partial charge in [-0.2, -0.15) is 0 Å². The van der Waals surface area contributed by atoms with Crippen molar-refractivity contribution in [2.24, 2.45) is 0 Å². The quantitative estimate of drug-likeness (QED) is 0.663. The molecule has 0 fully saturated rings. The predicted molar refractivity (Wildman–Crippen MR) is 65.1 cm³/mol. The van der Waals surface area contributed by atoms with E-state index in [2.05, 4.69) is 9.72 Å². The zero-order valence-corrected chi connectivity index (χ0v) is 11.1. The molecule has 0 aliphatic heterocycles. The lowest BCUT2D eigenvalue weighted by Gasteiger charge is -2.08. The molecular formula is C10H10F2INO3. The minimum Gasteiger partial charge on any atom is -0.466 e. The maximum Gasteiger partial charge on any atom is 0.311 e. The van der Waals surface area contributed by atoms with Gasteiger partial charge < -0.3 is 9.72 Å². The number of carbonyl (C=O) groups is 1. The van der Waals surface area contributed by atoms with Crippen LogP contribution in [0.1, 0.15) is 24.6 Å². The summed E-state index contributed by atoms with van der Waals surface area (Å²) in [6, 6.07) is 1.08. The van der Waals surface area contributed by atoms with Gasteiger partial charge in [0.1, 0.15) is 0 Å². The molecule has 0 bridgehead atoms. The number of ether oxygens (including phenoxy) is 1. The Hall–Kier alpha value is -0.990. The van der Waals surface area contributed by atoms with E-state index in [1.165, 1.54) is 0 Å². The number of esters is 1. The maximum absolute atomic E-state index is 12.7. The second-order valence-corrected chi connectivity index (χ2v) is 4.32. The van der Waals surface area contributed by atoms with Crippen molar-refractivity contribution < 1.29 is 18.3 Å². The summed E-state index contributed by atoms with van der Waals surface area (Å²) in [6.45, 7) is 1.78. The molecule has 1 N–H and O–H groups in total. The molecule has 0 saturated heterocycles. The first kappa shape index (κ1) is 14.1. The minimum atomic E-state index is -2.75. The maximum atomic E-state index is 12.7. The topological polar surface area (TPSA) is 59.2 Å². The minimum absolute atomic E-state index is 0.0936. The molecule has 0 radical (unpaired) electrons. The van der Waals surface area contributed by atoms with Gasteiger partial charge >= 0.3 is 5.97 Å². The van der Waals surface area contributed by atoms with Crippen LogP contribution in [0.2, 0.25) is 0 Å². The number of rotatable bonds is 4. The molecule has 17 heavy (non-hydrogen) atoms. The fourth-order valence-electron chi connectivity index (χ4n) is 1.26. The van der Waals surface area contributed by atoms with Crippen molar-refractivity contribution in [2.45, 2.75) is 19.8 Å². The highest BCUT2D eigenvalue weighted by atomic mass is 127. The van der Waals surface area contributed by atoms with Gasteiger partial charge in [-0.25, -0.2) is 8.78 Å². The molecule has 0 unspecified atom stereocenters. The number of nitrogens with one attached hydrogen (secondary N) is 1. The zero-order valence-electron chi connectivity index (χ0n) is 8.93. The monoisotopic (exact) mass is 357 g/mol. The van der Waals surface area contributed by atoms with Crippen LogP contribution in [0.25, 0.3) is 0 Å². The van der Waals surface area contributed by atoms with Gasteiger partial charge in [0.15, 0.2) is 0 Å². The SMILES string of the molecule is CCOC(=O)Cc1[nH]c(=O)c(I)cc1C(F)F. The number of alkyl halides is 2. The van der Waals surface area contributed by atoms with E-state index in [0.29, 0.717) is 0 Å². The fourth-order valence-corrected chi connectivity index (χ4v) is 1.73. The van der Waals surface area contributed by atoms with Crippen LogP contribution in [0.3, 0.4) is 0 Å². The molecule has 4 nitrogen and oxygen atoms in total. The molecule has 1 aromatic heterocycles. The van der Waals surface area contributed by atoms with Gasteiger partial charge in [-0.05, 0) is 35.6 Å². The Morgan fingerprint density at radius 3 is 2.76 bits per heavy atom. The Labute approximate surface area is 110 Å². The average Bonchev–Trinajstić information content (AvgIpc) is 2.23. The van der Waals surface area contributed by atoms with E-state index in [1.54, 1.807) is 29.5 Å². The van der Waals surface area contributed by atoms with Crippen molar-refractivity contribution in [2.75, 3.05) is 6.61 Å². The smallest absolute Gasteiger partial charge is 0.311 e. The number of aromatic nitrogens is 1. The second kappa shape index (κ2) is 6.08. The summed E-state index contributed by atoms with van der Waals surface area (Å²) in [5.74, 6) is -0.647. The fraction of sp³-hybridized carbons (Fsp3) is 0.400. The van der Waals surface area contributed by atoms with Gasteiger partial charge in [0.25, 0.3) is 12.0 Å². The van der Waals surface area contributed by atoms with Gasteiger partial charge in [0, 0.05) is 11.3 Å². The van der Waals surface area contributed by atoms with E-state index >= 15 is 0 Å². The molecule has 7 heteroatoms. The molecule has 0 aromatic carbocycles. The second-order valence-electron chi connectivity index (χ2n) is 3.16. The van der Waals surface area contributed by atoms with E-state index in [0.717, 1.165) is 6.07 Å². The number of halogens is 3. The van der Waals surface area contributed by atoms with Crippen molar-refractivity contribution in [1.82, 2.24) is 4.98 Å². The largest absolute Gasteiger partial charge is 0.466 e. The third-order valence-corrected chi connectivity index (χ3v) is 2.77. The van der Waals surface area contributed by atoms with Crippen molar-refractivity contribution in [1.29, 1.82) is 0 Å². The summed E-state index contributed by atoms with van der Waals surface area (Å²) >= 11 is 1.66. The standard InChI is InChI=1S/C10H10F2INO3/c1-2-17-8(15)4-7-5(9(11)12)3-6(13)10(16)14-7/h3,9H,2,4H2,1H3,(H,14,16). The number of H-pyrrole nitrogens is 1. The Bertz CT molecular complexity index is 473. The first-order chi connectivity index (χ1) is 7.95. The third-order valence-electron chi connectivity index (χ3n) is 1.97. The van der Waals surface area contributed by atoms with Gasteiger partial charge in [0.05, 0.1) is 16.6 Å². The van der Waals surface area contributed by atoms with Crippen LogP contribution in [0.15, 0.2) is 10.9 Å². The molecule has 1 aromatic rings. The molecule has 0 aliphatic rings. The van der Waals surface area contributed by atoms with Crippen LogP contribution in [0, 0.1) is 3.57 Å². The van der Waals surface area contributed by atoms with Crippen molar-refractivity contribution >= 4 is 28.6 Å². The predicted octanol–water partition coefficient (Wildman–Crippen LogP) is 2.02. The normalized spacial score (nSPS) is 10.6. The third kappa shape index (κ3) is 3.76. The van der Waals surface area contributed by atoms with Crippen LogP contribution >= 0.6 is 22.6 Å². The van der Waals surface area contributed by atoms with Crippen LogP contribution in [-0.4, -0.2) is 17.6 Å². The van der Waals surface area contributed by atoms with E-state index < -0.39 is 18.0 Å². The number of hydrogen-bond acceptors (Lipinski definition) is 3. The highest BCUT2D eigenvalue weighted by molar-refractivity contribution is 14.1. The molecular weight excluding hydrogens is 347 g/mol. The van der Waals surface area contributed by atoms with Gasteiger partial charge in [-0.1, -0.05) is 0 Å². The molecule has 0 aliphatic carbocycles. The summed E-state index contributed by atoms with van der Waals surface area (Å²) in [7, 11) is 0. The Morgan fingerprint density at radius 1 is 1.59 bits per heavy atom. The molecule has 1 rings (SSSR count). The highest BCUT2D eigenvalue weighted by Gasteiger charge is 2.18. The van der Waals surface area contributed by atoms with Gasteiger partial charge in [0.2, 0.25) is 0 Å². The van der Waals surface area contributed by atoms with E-state index in [-0.39, 0.29) is 27.9 Å². The Balaban J connectivity index is 3.08. The summed E-state index contributed by atoms with van der Waals surface area (Å²) in [5, 5.41) is 0. The average molecular weight is 357 g/mol. The van der Waals surface area contributed by atoms with Crippen molar-refractivity contribution in [3.63, 3.8) is 0 Å². The zero-order chi connectivity index (χ0) is 13.0. The lowest BCUT2D eigenvalue weighted by molar-refractivity contribution is -0.142. The Morgan fingerprint density at radius 2 is 2.24 bits per heavy atom. The van der Waals surface area contributed by atoms with E-state index in [4.69, 9.17) is 0 Å². The Kier molecular flexibility index (Phi) is 5.03. The van der Waals surface area contributed by atoms with Crippen LogP contribution in [0.4, 0.5) is 8.78 Å². The van der Waals surface area contributed by atoms with Gasteiger partial charge in [-0.3, -0.25) is 9.59 Å². The number of pyridine rings is 1. The summed E-state index contributed by atoms with van der Waals surface area (Å²) < 4.78 is 30.2. The lowest BCUT2D eigenvalue weighted by atomic mass is 10.1. The van der Waals surface area contributed by atoms with Crippen LogP contribution in [-0.2, 0) is 16.0 Å². The lowest BCUT2D eigenvalue weighted by Crippen LogP contribution is -2.18. The molecule has 0 spiro atoms. The number of carbonyl (C=O) groups excluding carboxylic acids is 1.